The third-order valence-electron chi connectivity index (χ3n) is 3.91. The molecular weight excluding hydrogens is 397 g/mol. The van der Waals surface area contributed by atoms with Gasteiger partial charge in [0.15, 0.2) is 0 Å². The van der Waals surface area contributed by atoms with E-state index in [0.29, 0.717) is 16.9 Å². The Balaban J connectivity index is 2.09. The van der Waals surface area contributed by atoms with Crippen LogP contribution in [0.2, 0.25) is 0 Å². The molecular formula is C19H24N3O6P. The van der Waals surface area contributed by atoms with Crippen LogP contribution in [0, 0.1) is 0 Å². The number of nitrogens with zero attached hydrogens (tertiary/aromatic N) is 2. The lowest BCUT2D eigenvalue weighted by atomic mass is 10.1. The number of ether oxygens (including phenoxy) is 1. The number of carbonyl (C=O) groups is 1. The summed E-state index contributed by atoms with van der Waals surface area (Å²) in [5.74, 6) is -0.413. The molecule has 0 fully saturated rings. The van der Waals surface area contributed by atoms with Crippen molar-refractivity contribution in [3.05, 3.63) is 60.2 Å². The van der Waals surface area contributed by atoms with Crippen molar-refractivity contribution < 1.29 is 28.0 Å². The molecule has 0 aliphatic heterocycles. The largest absolute Gasteiger partial charge is 0.472 e. The maximum atomic E-state index is 12.6. The van der Waals surface area contributed by atoms with Gasteiger partial charge in [-0.1, -0.05) is 24.3 Å². The number of carbonyl (C=O) groups excluding carboxylic acids is 1. The molecule has 156 valence electrons. The summed E-state index contributed by atoms with van der Waals surface area (Å²) < 4.78 is 26.1. The predicted molar refractivity (Wildman–Crippen MR) is 108 cm³/mol. The summed E-state index contributed by atoms with van der Waals surface area (Å²) in [7, 11) is -1.69. The summed E-state index contributed by atoms with van der Waals surface area (Å²) in [5, 5.41) is 11.0. The lowest BCUT2D eigenvalue weighted by Gasteiger charge is -2.25. The van der Waals surface area contributed by atoms with E-state index in [1.54, 1.807) is 24.3 Å². The Morgan fingerprint density at radius 3 is 2.41 bits per heavy atom. The van der Waals surface area contributed by atoms with E-state index in [1.165, 1.54) is 14.0 Å². The summed E-state index contributed by atoms with van der Waals surface area (Å²) in [6.45, 7) is 1.61. The molecule has 0 spiro atoms. The van der Waals surface area contributed by atoms with Crippen molar-refractivity contribution in [1.29, 1.82) is 0 Å². The Morgan fingerprint density at radius 1 is 1.10 bits per heavy atom. The third-order valence-corrected chi connectivity index (χ3v) is 4.97. The first-order chi connectivity index (χ1) is 13.8. The molecule has 0 saturated carbocycles. The zero-order valence-corrected chi connectivity index (χ0v) is 17.3. The lowest BCUT2D eigenvalue weighted by molar-refractivity contribution is 0.0579. The third kappa shape index (κ3) is 7.49. The molecule has 1 amide bonds. The summed E-state index contributed by atoms with van der Waals surface area (Å²) in [6.07, 6.45) is -0.837. The minimum absolute atomic E-state index is 0.0734. The van der Waals surface area contributed by atoms with Crippen LogP contribution in [0.3, 0.4) is 0 Å². The predicted octanol–water partition coefficient (Wildman–Crippen LogP) is 4.00. The molecule has 2 aromatic rings. The Hall–Kier alpha value is -2.42. The molecule has 0 saturated heterocycles. The van der Waals surface area contributed by atoms with Crippen molar-refractivity contribution in [3.63, 3.8) is 0 Å². The van der Waals surface area contributed by atoms with Gasteiger partial charge in [-0.3, -0.25) is 13.8 Å². The number of hydrogen-bond donors (Lipinski definition) is 2. The summed E-state index contributed by atoms with van der Waals surface area (Å²) >= 11 is 0. The van der Waals surface area contributed by atoms with E-state index in [1.807, 2.05) is 30.3 Å². The standard InChI is InChI=1S/C19H24N3O6P/c1-14(28-29(24,25)27-3)18(13-26-2)20-19(23)15-8-7-11-17(12-15)22-21-16-9-5-4-6-10-16/h4-12,14,18H,13H2,1-3H3,(H,20,23)(H,24,25)/t14-,18-/m0/s1. The smallest absolute Gasteiger partial charge is 0.382 e. The quantitative estimate of drug-likeness (QED) is 0.442. The average molecular weight is 421 g/mol. The molecule has 29 heavy (non-hydrogen) atoms. The average Bonchev–Trinajstić information content (AvgIpc) is 2.72. The summed E-state index contributed by atoms with van der Waals surface area (Å²) in [5.41, 5.74) is 1.55. The van der Waals surface area contributed by atoms with Crippen LogP contribution >= 0.6 is 7.82 Å². The molecule has 2 N–H and O–H groups in total. The van der Waals surface area contributed by atoms with Gasteiger partial charge in [-0.05, 0) is 37.3 Å². The number of azo groups is 1. The highest BCUT2D eigenvalue weighted by atomic mass is 31.2. The first kappa shape index (κ1) is 22.9. The van der Waals surface area contributed by atoms with Crippen LogP contribution in [0.5, 0.6) is 0 Å². The molecule has 1 unspecified atom stereocenters. The summed E-state index contributed by atoms with van der Waals surface area (Å²) in [4.78, 5) is 22.1. The fourth-order valence-corrected chi connectivity index (χ4v) is 3.03. The van der Waals surface area contributed by atoms with Crippen molar-refractivity contribution in [2.24, 2.45) is 10.2 Å². The highest BCUT2D eigenvalue weighted by molar-refractivity contribution is 7.47. The van der Waals surface area contributed by atoms with Crippen LogP contribution in [0.1, 0.15) is 17.3 Å². The second kappa shape index (κ2) is 10.9. The fourth-order valence-electron chi connectivity index (χ4n) is 2.37. The number of phosphoric ester groups is 1. The van der Waals surface area contributed by atoms with E-state index >= 15 is 0 Å². The van der Waals surface area contributed by atoms with Crippen LogP contribution in [0.15, 0.2) is 64.8 Å². The van der Waals surface area contributed by atoms with Gasteiger partial charge >= 0.3 is 7.82 Å². The van der Waals surface area contributed by atoms with E-state index in [-0.39, 0.29) is 6.61 Å². The van der Waals surface area contributed by atoms with Gasteiger partial charge in [-0.25, -0.2) is 4.57 Å². The van der Waals surface area contributed by atoms with Gasteiger partial charge in [0.05, 0.1) is 30.1 Å². The normalized spacial score (nSPS) is 15.6. The highest BCUT2D eigenvalue weighted by Crippen LogP contribution is 2.43. The molecule has 0 aliphatic carbocycles. The monoisotopic (exact) mass is 421 g/mol. The topological polar surface area (TPSA) is 119 Å². The Morgan fingerprint density at radius 2 is 1.76 bits per heavy atom. The Kier molecular flexibility index (Phi) is 8.63. The molecule has 2 aromatic carbocycles. The number of hydrogen-bond acceptors (Lipinski definition) is 7. The van der Waals surface area contributed by atoms with E-state index in [0.717, 1.165) is 7.11 Å². The number of amides is 1. The van der Waals surface area contributed by atoms with E-state index < -0.39 is 25.9 Å². The van der Waals surface area contributed by atoms with Crippen LogP contribution in [0.25, 0.3) is 0 Å². The molecule has 10 heteroatoms. The van der Waals surface area contributed by atoms with Gasteiger partial charge in [-0.15, -0.1) is 0 Å². The minimum atomic E-state index is -4.20. The molecule has 0 radical (unpaired) electrons. The van der Waals surface area contributed by atoms with Crippen molar-refractivity contribution in [3.8, 4) is 0 Å². The van der Waals surface area contributed by atoms with E-state index in [4.69, 9.17) is 9.26 Å². The van der Waals surface area contributed by atoms with Gasteiger partial charge in [-0.2, -0.15) is 10.2 Å². The second-order valence-corrected chi connectivity index (χ2v) is 7.60. The van der Waals surface area contributed by atoms with Crippen molar-refractivity contribution in [2.45, 2.75) is 19.1 Å². The number of nitrogens with one attached hydrogen (secondary N) is 1. The number of phosphoric acid groups is 1. The Labute approximate surface area is 169 Å². The molecule has 0 aromatic heterocycles. The Bertz CT molecular complexity index is 877. The maximum Gasteiger partial charge on any atom is 0.472 e. The van der Waals surface area contributed by atoms with Crippen LogP contribution < -0.4 is 5.32 Å². The molecule has 9 nitrogen and oxygen atoms in total. The second-order valence-electron chi connectivity index (χ2n) is 6.08. The van der Waals surface area contributed by atoms with Crippen molar-refractivity contribution >= 4 is 25.1 Å². The molecule has 0 heterocycles. The SMILES string of the molecule is COC[C@H](NC(=O)c1cccc(N=Nc2ccccc2)c1)[C@H](C)OP(=O)(O)OC. The van der Waals surface area contributed by atoms with Crippen LogP contribution in [-0.2, 0) is 18.3 Å². The van der Waals surface area contributed by atoms with E-state index in [9.17, 15) is 14.3 Å². The van der Waals surface area contributed by atoms with Crippen LogP contribution in [0.4, 0.5) is 11.4 Å². The van der Waals surface area contributed by atoms with Gasteiger partial charge in [0, 0.05) is 19.8 Å². The van der Waals surface area contributed by atoms with Gasteiger partial charge in [0.1, 0.15) is 0 Å². The number of methoxy groups -OCH3 is 1. The number of benzene rings is 2. The summed E-state index contributed by atoms with van der Waals surface area (Å²) in [6, 6.07) is 15.2. The zero-order chi connectivity index (χ0) is 21.3. The van der Waals surface area contributed by atoms with Gasteiger partial charge in [0.2, 0.25) is 0 Å². The highest BCUT2D eigenvalue weighted by Gasteiger charge is 2.29. The first-order valence-corrected chi connectivity index (χ1v) is 10.3. The molecule has 0 bridgehead atoms. The van der Waals surface area contributed by atoms with Gasteiger partial charge < -0.3 is 14.9 Å². The molecule has 2 rings (SSSR count). The maximum absolute atomic E-state index is 12.6. The molecule has 0 aliphatic rings. The van der Waals surface area contributed by atoms with E-state index in [2.05, 4.69) is 20.1 Å². The minimum Gasteiger partial charge on any atom is -0.382 e. The molecule has 3 atom stereocenters. The number of rotatable bonds is 10. The van der Waals surface area contributed by atoms with Crippen molar-refractivity contribution in [1.82, 2.24) is 5.32 Å². The van der Waals surface area contributed by atoms with Crippen LogP contribution in [-0.4, -0.2) is 43.8 Å². The fraction of sp³-hybridized carbons (Fsp3) is 0.316. The first-order valence-electron chi connectivity index (χ1n) is 8.78. The zero-order valence-electron chi connectivity index (χ0n) is 16.4. The van der Waals surface area contributed by atoms with Gasteiger partial charge in [0.25, 0.3) is 5.91 Å². The van der Waals surface area contributed by atoms with Crippen molar-refractivity contribution in [2.75, 3.05) is 20.8 Å². The lowest BCUT2D eigenvalue weighted by Crippen LogP contribution is -2.45.